The van der Waals surface area contributed by atoms with E-state index in [1.807, 2.05) is 0 Å². The third kappa shape index (κ3) is 6.41. The number of halogens is 1. The molecule has 2 amide bonds. The normalized spacial score (nSPS) is 10.3. The van der Waals surface area contributed by atoms with Gasteiger partial charge in [0.1, 0.15) is 11.6 Å². The van der Waals surface area contributed by atoms with Crippen molar-refractivity contribution in [3.05, 3.63) is 53.8 Å². The van der Waals surface area contributed by atoms with E-state index in [-0.39, 0.29) is 40.9 Å². The van der Waals surface area contributed by atoms with Crippen molar-refractivity contribution in [2.24, 2.45) is 5.73 Å². The van der Waals surface area contributed by atoms with Crippen LogP contribution >= 0.6 is 11.8 Å². The molecule has 8 heteroatoms. The number of hydrogen-bond donors (Lipinski definition) is 2. The zero-order valence-corrected chi connectivity index (χ0v) is 15.5. The summed E-state index contributed by atoms with van der Waals surface area (Å²) in [6, 6.07) is 10.9. The Bertz CT molecular complexity index is 857. The molecule has 0 heterocycles. The molecule has 2 aromatic rings. The topological polar surface area (TPSA) is 98.5 Å². The molecule has 142 valence electrons. The van der Waals surface area contributed by atoms with E-state index < -0.39 is 11.7 Å². The van der Waals surface area contributed by atoms with Crippen molar-refractivity contribution in [2.75, 3.05) is 17.7 Å². The zero-order chi connectivity index (χ0) is 19.8. The lowest BCUT2D eigenvalue weighted by Crippen LogP contribution is -2.17. The maximum Gasteiger partial charge on any atom is 0.234 e. The van der Waals surface area contributed by atoms with E-state index in [4.69, 9.17) is 10.5 Å². The molecule has 2 aromatic carbocycles. The van der Waals surface area contributed by atoms with Crippen molar-refractivity contribution in [2.45, 2.75) is 18.2 Å². The molecule has 2 rings (SSSR count). The van der Waals surface area contributed by atoms with Crippen molar-refractivity contribution < 1.29 is 23.5 Å². The Morgan fingerprint density at radius 2 is 1.93 bits per heavy atom. The number of amides is 2. The van der Waals surface area contributed by atoms with Crippen LogP contribution in [0.1, 0.15) is 23.7 Å². The van der Waals surface area contributed by atoms with Gasteiger partial charge in [0, 0.05) is 10.5 Å². The predicted octanol–water partition coefficient (Wildman–Crippen LogP) is 3.01. The van der Waals surface area contributed by atoms with Gasteiger partial charge in [-0.05, 0) is 31.2 Å². The highest BCUT2D eigenvalue weighted by atomic mass is 32.2. The van der Waals surface area contributed by atoms with E-state index in [1.54, 1.807) is 24.3 Å². The number of rotatable bonds is 9. The van der Waals surface area contributed by atoms with Crippen molar-refractivity contribution in [1.29, 1.82) is 0 Å². The first-order chi connectivity index (χ1) is 12.9. The maximum absolute atomic E-state index is 14.0. The first-order valence-corrected chi connectivity index (χ1v) is 9.08. The van der Waals surface area contributed by atoms with Crippen LogP contribution in [0.3, 0.4) is 0 Å². The molecule has 0 aliphatic rings. The Morgan fingerprint density at radius 1 is 1.19 bits per heavy atom. The Morgan fingerprint density at radius 3 is 2.59 bits per heavy atom. The number of para-hydroxylation sites is 2. The quantitative estimate of drug-likeness (QED) is 0.507. The Balaban J connectivity index is 1.94. The van der Waals surface area contributed by atoms with E-state index in [9.17, 15) is 18.8 Å². The fourth-order valence-corrected chi connectivity index (χ4v) is 2.84. The average Bonchev–Trinajstić information content (AvgIpc) is 2.61. The second kappa shape index (κ2) is 9.72. The highest BCUT2D eigenvalue weighted by Crippen LogP contribution is 2.26. The third-order valence-electron chi connectivity index (χ3n) is 3.46. The van der Waals surface area contributed by atoms with E-state index >= 15 is 0 Å². The maximum atomic E-state index is 14.0. The summed E-state index contributed by atoms with van der Waals surface area (Å²) in [6.07, 6.45) is 0.0632. The van der Waals surface area contributed by atoms with Gasteiger partial charge in [-0.1, -0.05) is 18.2 Å². The highest BCUT2D eigenvalue weighted by Gasteiger charge is 2.11. The molecule has 0 spiro atoms. The minimum atomic E-state index is -0.546. The van der Waals surface area contributed by atoms with Crippen molar-refractivity contribution in [1.82, 2.24) is 0 Å². The molecule has 0 fully saturated rings. The van der Waals surface area contributed by atoms with Crippen LogP contribution in [0.15, 0.2) is 47.4 Å². The van der Waals surface area contributed by atoms with E-state index in [0.717, 1.165) is 17.8 Å². The molecule has 0 saturated carbocycles. The molecule has 0 unspecified atom stereocenters. The smallest absolute Gasteiger partial charge is 0.234 e. The molecule has 0 aliphatic carbocycles. The summed E-state index contributed by atoms with van der Waals surface area (Å²) in [5.74, 6) is -1.21. The summed E-state index contributed by atoms with van der Waals surface area (Å²) in [5, 5.41) is 2.69. The summed E-state index contributed by atoms with van der Waals surface area (Å²) >= 11 is 1.02. The third-order valence-corrected chi connectivity index (χ3v) is 4.51. The van der Waals surface area contributed by atoms with Crippen LogP contribution in [0.25, 0.3) is 0 Å². The summed E-state index contributed by atoms with van der Waals surface area (Å²) in [6.45, 7) is 1.46. The molecule has 0 aromatic heterocycles. The lowest BCUT2D eigenvalue weighted by Gasteiger charge is -2.12. The molecule has 6 nitrogen and oxygen atoms in total. The minimum Gasteiger partial charge on any atom is -0.491 e. The van der Waals surface area contributed by atoms with Crippen molar-refractivity contribution in [3.63, 3.8) is 0 Å². The van der Waals surface area contributed by atoms with Gasteiger partial charge in [0.25, 0.3) is 0 Å². The monoisotopic (exact) mass is 390 g/mol. The molecule has 0 bridgehead atoms. The van der Waals surface area contributed by atoms with E-state index in [1.165, 1.54) is 19.1 Å². The summed E-state index contributed by atoms with van der Waals surface area (Å²) in [4.78, 5) is 34.5. The van der Waals surface area contributed by atoms with Gasteiger partial charge in [0.15, 0.2) is 5.78 Å². The van der Waals surface area contributed by atoms with Gasteiger partial charge in [0.05, 0.1) is 24.5 Å². The van der Waals surface area contributed by atoms with Crippen LogP contribution in [0, 0.1) is 5.82 Å². The molecule has 27 heavy (non-hydrogen) atoms. The zero-order valence-electron chi connectivity index (χ0n) is 14.7. The van der Waals surface area contributed by atoms with Gasteiger partial charge in [-0.2, -0.15) is 0 Å². The first kappa shape index (κ1) is 20.4. The number of hydrogen-bond acceptors (Lipinski definition) is 5. The number of carbonyl (C=O) groups is 3. The lowest BCUT2D eigenvalue weighted by atomic mass is 10.1. The number of ketones is 1. The molecular weight excluding hydrogens is 371 g/mol. The molecule has 3 N–H and O–H groups in total. The number of carbonyl (C=O) groups excluding carboxylic acids is 3. The number of ether oxygens (including phenoxy) is 1. The number of nitrogens with one attached hydrogen (secondary N) is 1. The van der Waals surface area contributed by atoms with Gasteiger partial charge in [-0.25, -0.2) is 4.39 Å². The van der Waals surface area contributed by atoms with Gasteiger partial charge in [-0.3, -0.25) is 14.4 Å². The van der Waals surface area contributed by atoms with Gasteiger partial charge in [0.2, 0.25) is 11.8 Å². The lowest BCUT2D eigenvalue weighted by molar-refractivity contribution is -0.118. The van der Waals surface area contributed by atoms with Crippen LogP contribution in [-0.2, 0) is 9.59 Å². The van der Waals surface area contributed by atoms with Crippen molar-refractivity contribution >= 4 is 35.0 Å². The van der Waals surface area contributed by atoms with Crippen LogP contribution < -0.4 is 15.8 Å². The largest absolute Gasteiger partial charge is 0.491 e. The summed E-state index contributed by atoms with van der Waals surface area (Å²) in [5.41, 5.74) is 5.79. The number of anilines is 1. The molecule has 0 radical (unpaired) electrons. The Hall–Kier alpha value is -2.87. The number of Topliss-reactive ketones (excluding diaryl/α,β-unsaturated/α-hetero) is 1. The highest BCUT2D eigenvalue weighted by molar-refractivity contribution is 8.00. The summed E-state index contributed by atoms with van der Waals surface area (Å²) in [7, 11) is 0. The number of nitrogens with two attached hydrogens (primary N) is 1. The first-order valence-electron chi connectivity index (χ1n) is 8.10. The summed E-state index contributed by atoms with van der Waals surface area (Å²) < 4.78 is 19.4. The van der Waals surface area contributed by atoms with Crippen LogP contribution in [0.2, 0.25) is 0 Å². The van der Waals surface area contributed by atoms with Crippen LogP contribution in [0.4, 0.5) is 10.1 Å². The second-order valence-electron chi connectivity index (χ2n) is 5.60. The average molecular weight is 390 g/mol. The Kier molecular flexibility index (Phi) is 7.36. The second-order valence-corrected chi connectivity index (χ2v) is 6.62. The van der Waals surface area contributed by atoms with Crippen LogP contribution in [-0.4, -0.2) is 30.0 Å². The molecule has 0 aliphatic heterocycles. The van der Waals surface area contributed by atoms with Gasteiger partial charge in [-0.15, -0.1) is 11.8 Å². The minimum absolute atomic E-state index is 0.0219. The number of benzene rings is 2. The standard InChI is InChI=1S/C19H19FN2O4S/c1-12(23)13-6-7-17(14(20)10-13)27-11-19(25)22-15-4-2-3-5-16(15)26-9-8-18(21)24/h2-7,10H,8-9,11H2,1H3,(H2,21,24)(H,22,25). The molecular formula is C19H19FN2O4S. The van der Waals surface area contributed by atoms with E-state index in [2.05, 4.69) is 5.32 Å². The fourth-order valence-electron chi connectivity index (χ4n) is 2.12. The Labute approximate surface area is 160 Å². The van der Waals surface area contributed by atoms with Crippen molar-refractivity contribution in [3.8, 4) is 5.75 Å². The number of primary amides is 1. The molecule has 0 atom stereocenters. The van der Waals surface area contributed by atoms with Crippen LogP contribution in [0.5, 0.6) is 5.75 Å². The molecule has 0 saturated heterocycles. The van der Waals surface area contributed by atoms with Gasteiger partial charge < -0.3 is 15.8 Å². The fraction of sp³-hybridized carbons (Fsp3) is 0.211. The SMILES string of the molecule is CC(=O)c1ccc(SCC(=O)Nc2ccccc2OCCC(N)=O)c(F)c1. The number of thioether (sulfide) groups is 1. The van der Waals surface area contributed by atoms with Gasteiger partial charge >= 0.3 is 0 Å². The van der Waals surface area contributed by atoms with E-state index in [0.29, 0.717) is 11.4 Å². The predicted molar refractivity (Wildman–Crippen MR) is 102 cm³/mol.